The van der Waals surface area contributed by atoms with Gasteiger partial charge in [-0.15, -0.1) is 11.3 Å². The van der Waals surface area contributed by atoms with Crippen LogP contribution in [0.5, 0.6) is 0 Å². The quantitative estimate of drug-likeness (QED) is 0.850. The fraction of sp³-hybridized carbons (Fsp3) is 0.500. The van der Waals surface area contributed by atoms with Gasteiger partial charge in [-0.3, -0.25) is 5.32 Å². The van der Waals surface area contributed by atoms with Crippen LogP contribution in [0.4, 0.5) is 10.6 Å². The molecule has 1 rings (SSSR count). The number of nitrogens with zero attached hydrogens (tertiary/aromatic N) is 1. The zero-order valence-corrected chi connectivity index (χ0v) is 10.8. The normalized spacial score (nSPS) is 11.1. The van der Waals surface area contributed by atoms with E-state index < -0.39 is 17.7 Å². The molecule has 0 unspecified atom stereocenters. The molecule has 0 saturated carbocycles. The number of aromatic nitrogens is 1. The van der Waals surface area contributed by atoms with Crippen molar-refractivity contribution >= 4 is 29.2 Å². The molecule has 0 atom stereocenters. The van der Waals surface area contributed by atoms with E-state index >= 15 is 0 Å². The van der Waals surface area contributed by atoms with Crippen molar-refractivity contribution < 1.29 is 19.4 Å². The van der Waals surface area contributed by atoms with E-state index in [1.54, 1.807) is 27.7 Å². The summed E-state index contributed by atoms with van der Waals surface area (Å²) >= 11 is 1.00. The molecule has 17 heavy (non-hydrogen) atoms. The van der Waals surface area contributed by atoms with Gasteiger partial charge in [0.1, 0.15) is 11.4 Å². The van der Waals surface area contributed by atoms with Crippen LogP contribution in [-0.4, -0.2) is 27.8 Å². The largest absolute Gasteiger partial charge is 0.476 e. The lowest BCUT2D eigenvalue weighted by Crippen LogP contribution is -2.27. The third-order valence-electron chi connectivity index (χ3n) is 1.60. The number of hydrogen-bond acceptors (Lipinski definition) is 5. The van der Waals surface area contributed by atoms with Crippen LogP contribution in [0, 0.1) is 6.92 Å². The van der Waals surface area contributed by atoms with Crippen LogP contribution >= 0.6 is 11.3 Å². The van der Waals surface area contributed by atoms with Crippen LogP contribution in [0.25, 0.3) is 0 Å². The number of aromatic carboxylic acids is 1. The molecule has 0 saturated heterocycles. The summed E-state index contributed by atoms with van der Waals surface area (Å²) < 4.78 is 5.03. The van der Waals surface area contributed by atoms with E-state index in [0.29, 0.717) is 4.88 Å². The molecule has 1 heterocycles. The first kappa shape index (κ1) is 13.4. The van der Waals surface area contributed by atoms with Crippen LogP contribution in [0.3, 0.4) is 0 Å². The fourth-order valence-corrected chi connectivity index (χ4v) is 1.71. The van der Waals surface area contributed by atoms with Gasteiger partial charge in [0, 0.05) is 4.88 Å². The van der Waals surface area contributed by atoms with Crippen molar-refractivity contribution in [3.05, 3.63) is 9.88 Å². The summed E-state index contributed by atoms with van der Waals surface area (Å²) in [6, 6.07) is 0. The number of aryl methyl sites for hydroxylation is 1. The lowest BCUT2D eigenvalue weighted by Gasteiger charge is -2.19. The molecular formula is C10H14N2O4S. The molecule has 1 aromatic heterocycles. The number of carboxylic acid groups (broad SMARTS) is 1. The summed E-state index contributed by atoms with van der Waals surface area (Å²) in [5.41, 5.74) is -0.608. The van der Waals surface area contributed by atoms with Crippen LogP contribution in [-0.2, 0) is 4.74 Å². The topological polar surface area (TPSA) is 88.5 Å². The molecule has 1 aromatic rings. The Morgan fingerprint density at radius 2 is 2.00 bits per heavy atom. The molecule has 0 spiro atoms. The number of thiazole rings is 1. The minimum Gasteiger partial charge on any atom is -0.476 e. The molecule has 94 valence electrons. The van der Waals surface area contributed by atoms with E-state index in [0.717, 1.165) is 11.3 Å². The zero-order chi connectivity index (χ0) is 13.2. The highest BCUT2D eigenvalue weighted by Crippen LogP contribution is 2.22. The third-order valence-corrected chi connectivity index (χ3v) is 2.56. The molecule has 0 fully saturated rings. The van der Waals surface area contributed by atoms with E-state index in [4.69, 9.17) is 9.84 Å². The maximum atomic E-state index is 11.4. The van der Waals surface area contributed by atoms with Crippen LogP contribution < -0.4 is 5.32 Å². The number of anilines is 1. The molecular weight excluding hydrogens is 244 g/mol. The van der Waals surface area contributed by atoms with Crippen molar-refractivity contribution in [2.45, 2.75) is 33.3 Å². The number of ether oxygens (including phenoxy) is 1. The van der Waals surface area contributed by atoms with Crippen LogP contribution in [0.2, 0.25) is 0 Å². The Balaban J connectivity index is 2.75. The number of nitrogens with one attached hydrogen (secondary N) is 1. The van der Waals surface area contributed by atoms with E-state index in [1.165, 1.54) is 0 Å². The first-order valence-corrected chi connectivity index (χ1v) is 5.71. The molecule has 0 bridgehead atoms. The first-order valence-electron chi connectivity index (χ1n) is 4.90. The fourth-order valence-electron chi connectivity index (χ4n) is 1.00. The molecule has 6 nitrogen and oxygen atoms in total. The molecule has 0 aliphatic rings. The molecule has 0 aromatic carbocycles. The van der Waals surface area contributed by atoms with Gasteiger partial charge in [0.05, 0.1) is 0 Å². The van der Waals surface area contributed by atoms with Gasteiger partial charge in [-0.2, -0.15) is 0 Å². The number of carbonyl (C=O) groups excluding carboxylic acids is 1. The lowest BCUT2D eigenvalue weighted by molar-refractivity contribution is 0.0631. The second-order valence-electron chi connectivity index (χ2n) is 4.36. The Labute approximate surface area is 103 Å². The molecule has 0 aliphatic carbocycles. The van der Waals surface area contributed by atoms with Crippen molar-refractivity contribution in [2.75, 3.05) is 5.32 Å². The van der Waals surface area contributed by atoms with Gasteiger partial charge in [-0.05, 0) is 27.7 Å². The van der Waals surface area contributed by atoms with Gasteiger partial charge in [0.15, 0.2) is 0 Å². The average Bonchev–Trinajstić information content (AvgIpc) is 2.44. The molecule has 0 aliphatic heterocycles. The molecule has 2 N–H and O–H groups in total. The summed E-state index contributed by atoms with van der Waals surface area (Å²) in [7, 11) is 0. The Morgan fingerprint density at radius 1 is 1.41 bits per heavy atom. The van der Waals surface area contributed by atoms with Gasteiger partial charge in [0.25, 0.3) is 0 Å². The van der Waals surface area contributed by atoms with Crippen molar-refractivity contribution in [3.8, 4) is 0 Å². The Bertz CT molecular complexity index is 448. The number of carbonyl (C=O) groups is 2. The van der Waals surface area contributed by atoms with Crippen LogP contribution in [0.1, 0.15) is 35.5 Å². The first-order chi connectivity index (χ1) is 7.69. The highest BCUT2D eigenvalue weighted by Gasteiger charge is 2.19. The summed E-state index contributed by atoms with van der Waals surface area (Å²) in [6.07, 6.45) is -0.650. The Kier molecular flexibility index (Phi) is 3.72. The number of amides is 1. The van der Waals surface area contributed by atoms with E-state index in [2.05, 4.69) is 10.3 Å². The van der Waals surface area contributed by atoms with E-state index in [-0.39, 0.29) is 10.8 Å². The summed E-state index contributed by atoms with van der Waals surface area (Å²) in [5.74, 6) is -0.892. The second kappa shape index (κ2) is 4.70. The van der Waals surface area contributed by atoms with Crippen molar-refractivity contribution in [2.24, 2.45) is 0 Å². The number of hydrogen-bond donors (Lipinski definition) is 2. The minimum atomic E-state index is -1.12. The summed E-state index contributed by atoms with van der Waals surface area (Å²) in [6.45, 7) is 6.90. The number of carboxylic acids is 1. The van der Waals surface area contributed by atoms with E-state index in [1.807, 2.05) is 0 Å². The Morgan fingerprint density at radius 3 is 2.41 bits per heavy atom. The summed E-state index contributed by atoms with van der Waals surface area (Å²) in [5, 5.41) is 11.1. The molecule has 0 radical (unpaired) electrons. The molecule has 7 heteroatoms. The molecule has 1 amide bonds. The number of rotatable bonds is 2. The van der Waals surface area contributed by atoms with Gasteiger partial charge in [0.2, 0.25) is 5.01 Å². The Hall–Kier alpha value is -1.63. The predicted molar refractivity (Wildman–Crippen MR) is 63.7 cm³/mol. The maximum absolute atomic E-state index is 11.4. The van der Waals surface area contributed by atoms with Crippen molar-refractivity contribution in [3.63, 3.8) is 0 Å². The second-order valence-corrected chi connectivity index (χ2v) is 5.56. The highest BCUT2D eigenvalue weighted by molar-refractivity contribution is 7.13. The van der Waals surface area contributed by atoms with Gasteiger partial charge >= 0.3 is 12.1 Å². The van der Waals surface area contributed by atoms with Gasteiger partial charge < -0.3 is 9.84 Å². The zero-order valence-electron chi connectivity index (χ0n) is 10.0. The smallest absolute Gasteiger partial charge is 0.413 e. The standard InChI is InChI=1S/C10H14N2O4S/c1-5-6(11-7(17-5)8(13)14)12-9(15)16-10(2,3)4/h1-4H3,(H,12,15)(H,13,14). The van der Waals surface area contributed by atoms with E-state index in [9.17, 15) is 9.59 Å². The van der Waals surface area contributed by atoms with Gasteiger partial charge in [-0.25, -0.2) is 14.6 Å². The minimum absolute atomic E-state index is 0.0615. The maximum Gasteiger partial charge on any atom is 0.413 e. The average molecular weight is 258 g/mol. The van der Waals surface area contributed by atoms with Crippen molar-refractivity contribution in [1.82, 2.24) is 4.98 Å². The lowest BCUT2D eigenvalue weighted by atomic mass is 10.2. The SMILES string of the molecule is Cc1sc(C(=O)O)nc1NC(=O)OC(C)(C)C. The van der Waals surface area contributed by atoms with Crippen molar-refractivity contribution in [1.29, 1.82) is 0 Å². The third kappa shape index (κ3) is 4.03. The predicted octanol–water partition coefficient (Wildman–Crippen LogP) is 2.50. The van der Waals surface area contributed by atoms with Crippen LogP contribution in [0.15, 0.2) is 0 Å². The summed E-state index contributed by atoms with van der Waals surface area (Å²) in [4.78, 5) is 26.5. The highest BCUT2D eigenvalue weighted by atomic mass is 32.1. The van der Waals surface area contributed by atoms with Gasteiger partial charge in [-0.1, -0.05) is 0 Å². The monoisotopic (exact) mass is 258 g/mol.